The van der Waals surface area contributed by atoms with E-state index in [-0.39, 0.29) is 54.0 Å². The maximum Gasteiger partial charge on any atom is 0.490 e. The monoisotopic (exact) mass is 896 g/mol. The molecule has 64 heavy (non-hydrogen) atoms. The molecule has 2 aliphatic rings. The van der Waals surface area contributed by atoms with Crippen LogP contribution in [0.2, 0.25) is 0 Å². The quantitative estimate of drug-likeness (QED) is 0.0953. The minimum absolute atomic E-state index is 0.201. The molecule has 18 nitrogen and oxygen atoms in total. The molecule has 1 aliphatic carbocycles. The number of hydrogen-bond acceptors (Lipinski definition) is 9. The van der Waals surface area contributed by atoms with Crippen molar-refractivity contribution in [3.05, 3.63) is 82.0 Å². The molecule has 3 heterocycles. The lowest BCUT2D eigenvalue weighted by molar-refractivity contribution is -0.192. The lowest BCUT2D eigenvalue weighted by Gasteiger charge is -2.29. The molecule has 1 saturated heterocycles. The number of nitrogens with one attached hydrogen (secondary N) is 6. The first kappa shape index (κ1) is 48.1. The van der Waals surface area contributed by atoms with Gasteiger partial charge >= 0.3 is 30.0 Å². The smallest absolute Gasteiger partial charge is 0.475 e. The molecule has 0 unspecified atom stereocenters. The Labute approximate surface area is 364 Å². The second-order valence-corrected chi connectivity index (χ2v) is 16.7. The number of aryl methyl sites for hydroxylation is 1. The Kier molecular flexibility index (Phi) is 15.4. The van der Waals surface area contributed by atoms with Crippen molar-refractivity contribution in [2.75, 3.05) is 25.0 Å². The Hall–Kier alpha value is -6.93. The zero-order valence-electron chi connectivity index (χ0n) is 35.6. The van der Waals surface area contributed by atoms with E-state index >= 15 is 0 Å². The molecule has 6 rings (SSSR count). The molecule has 2 aromatic heterocycles. The highest BCUT2D eigenvalue weighted by Gasteiger charge is 2.38. The van der Waals surface area contributed by atoms with Crippen LogP contribution in [0.1, 0.15) is 74.6 Å². The first-order valence-corrected chi connectivity index (χ1v) is 20.5. The molecule has 0 spiro atoms. The molecule has 0 bridgehead atoms. The number of aromatic nitrogens is 3. The van der Waals surface area contributed by atoms with Gasteiger partial charge in [-0.1, -0.05) is 30.3 Å². The lowest BCUT2D eigenvalue weighted by Crippen LogP contribution is -2.48. The molecule has 21 heteroatoms. The number of pyridine rings is 1. The molecule has 8 N–H and O–H groups in total. The van der Waals surface area contributed by atoms with E-state index in [9.17, 15) is 47.0 Å². The third-order valence-electron chi connectivity index (χ3n) is 10.6. The number of alkyl carbamates (subject to hydrolysis) is 1. The van der Waals surface area contributed by atoms with Gasteiger partial charge in [-0.15, -0.1) is 0 Å². The standard InChI is InChI=1S/C41H50N8O8.C2HF3O2/c1-23-30(14-16-32(43-23)36(51)45-29-17-18-49(22-29)40(55)56)26-9-5-24(6-10-26)19-34(37(52)44-28-13-15-31-33(20-28)48-38(53)47-31)46-35(50)27-11-7-25(8-12-27)21-42-39(54)57-41(2,3)4;3-2(4,5)1(6)7/h5-6,9-10,13-16,20,25,27,29,34H,7-8,11-12,17-19,21-22H2,1-4H3,(H,42,54)(H,44,52)(H,45,51)(H,46,50)(H,55,56)(H2,47,48,53);(H,6,7)/t25-,27-,29-,34-;/m0./s1. The first-order chi connectivity index (χ1) is 30.0. The van der Waals surface area contributed by atoms with Crippen LogP contribution in [0.4, 0.5) is 28.4 Å². The van der Waals surface area contributed by atoms with Crippen LogP contribution in [-0.2, 0) is 25.5 Å². The maximum atomic E-state index is 13.8. The lowest BCUT2D eigenvalue weighted by atomic mass is 9.81. The number of fused-ring (bicyclic) bond motifs is 1. The number of halogens is 3. The summed E-state index contributed by atoms with van der Waals surface area (Å²) in [5.41, 5.74) is 3.97. The number of amides is 5. The Bertz CT molecular complexity index is 2400. The number of carboxylic acid groups (broad SMARTS) is 2. The number of anilines is 1. The molecule has 1 aliphatic heterocycles. The van der Waals surface area contributed by atoms with Crippen LogP contribution in [0.3, 0.4) is 0 Å². The largest absolute Gasteiger partial charge is 0.490 e. The van der Waals surface area contributed by atoms with Crippen LogP contribution in [0.25, 0.3) is 22.2 Å². The fourth-order valence-corrected chi connectivity index (χ4v) is 7.37. The minimum Gasteiger partial charge on any atom is -0.475 e. The van der Waals surface area contributed by atoms with Crippen LogP contribution < -0.4 is 27.0 Å². The zero-order valence-corrected chi connectivity index (χ0v) is 35.6. The summed E-state index contributed by atoms with van der Waals surface area (Å²) in [6.45, 7) is 8.30. The van der Waals surface area contributed by atoms with E-state index in [4.69, 9.17) is 14.6 Å². The number of carbonyl (C=O) groups excluding carboxylic acids is 4. The number of alkyl halides is 3. The topological polar surface area (TPSA) is 265 Å². The van der Waals surface area contributed by atoms with E-state index in [1.165, 1.54) is 4.90 Å². The highest BCUT2D eigenvalue weighted by atomic mass is 19.4. The van der Waals surface area contributed by atoms with Crippen LogP contribution in [0.5, 0.6) is 0 Å². The van der Waals surface area contributed by atoms with Crippen LogP contribution >= 0.6 is 0 Å². The number of aliphatic carboxylic acids is 1. The number of imidazole rings is 1. The number of carboxylic acids is 1. The molecule has 2 atom stereocenters. The summed E-state index contributed by atoms with van der Waals surface area (Å²) in [6.07, 6.45) is -3.10. The van der Waals surface area contributed by atoms with Crippen molar-refractivity contribution in [2.24, 2.45) is 11.8 Å². The number of nitrogens with zero attached hydrogens (tertiary/aromatic N) is 2. The summed E-state index contributed by atoms with van der Waals surface area (Å²) < 4.78 is 37.1. The Morgan fingerprint density at radius 3 is 2.16 bits per heavy atom. The second-order valence-electron chi connectivity index (χ2n) is 16.7. The van der Waals surface area contributed by atoms with E-state index < -0.39 is 41.9 Å². The van der Waals surface area contributed by atoms with Crippen molar-refractivity contribution >= 4 is 52.6 Å². The van der Waals surface area contributed by atoms with Gasteiger partial charge in [0.2, 0.25) is 11.8 Å². The summed E-state index contributed by atoms with van der Waals surface area (Å²) in [5, 5.41) is 27.9. The van der Waals surface area contributed by atoms with Gasteiger partial charge < -0.3 is 51.1 Å². The second kappa shape index (κ2) is 20.5. The van der Waals surface area contributed by atoms with Gasteiger partial charge in [-0.3, -0.25) is 14.4 Å². The van der Waals surface area contributed by atoms with Gasteiger partial charge in [-0.2, -0.15) is 13.2 Å². The third kappa shape index (κ3) is 13.8. The van der Waals surface area contributed by atoms with Crippen molar-refractivity contribution in [3.8, 4) is 11.1 Å². The van der Waals surface area contributed by atoms with E-state index in [1.807, 2.05) is 58.0 Å². The minimum atomic E-state index is -5.08. The van der Waals surface area contributed by atoms with Crippen molar-refractivity contribution in [2.45, 2.75) is 90.1 Å². The first-order valence-electron chi connectivity index (χ1n) is 20.5. The van der Waals surface area contributed by atoms with Gasteiger partial charge in [0.25, 0.3) is 5.91 Å². The number of benzene rings is 2. The summed E-state index contributed by atoms with van der Waals surface area (Å²) >= 11 is 0. The zero-order chi connectivity index (χ0) is 46.9. The highest BCUT2D eigenvalue weighted by molar-refractivity contribution is 5.99. The molecule has 2 fully saturated rings. The number of ether oxygens (including phenoxy) is 1. The van der Waals surface area contributed by atoms with E-state index in [1.54, 1.807) is 24.3 Å². The predicted molar refractivity (Wildman–Crippen MR) is 226 cm³/mol. The third-order valence-corrected chi connectivity index (χ3v) is 10.6. The molecular weight excluding hydrogens is 846 g/mol. The highest BCUT2D eigenvalue weighted by Crippen LogP contribution is 2.29. The van der Waals surface area contributed by atoms with Gasteiger partial charge in [-0.05, 0) is 101 Å². The van der Waals surface area contributed by atoms with Gasteiger partial charge in [0.05, 0.1) is 11.0 Å². The number of likely N-dealkylation sites (tertiary alicyclic amines) is 1. The Balaban J connectivity index is 0.00000102. The van der Waals surface area contributed by atoms with Crippen molar-refractivity contribution < 1.29 is 56.9 Å². The molecule has 5 amide bonds. The van der Waals surface area contributed by atoms with E-state index in [2.05, 4.69) is 36.2 Å². The van der Waals surface area contributed by atoms with Crippen LogP contribution in [0, 0.1) is 18.8 Å². The average molecular weight is 897 g/mol. The number of rotatable bonds is 11. The van der Waals surface area contributed by atoms with Crippen molar-refractivity contribution in [1.29, 1.82) is 0 Å². The summed E-state index contributed by atoms with van der Waals surface area (Å²) in [5.74, 6) is -3.83. The number of carbonyl (C=O) groups is 6. The molecule has 1 saturated carbocycles. The van der Waals surface area contributed by atoms with Crippen molar-refractivity contribution in [3.63, 3.8) is 0 Å². The Morgan fingerprint density at radius 1 is 0.906 bits per heavy atom. The number of hydrogen-bond donors (Lipinski definition) is 8. The molecule has 4 aromatic rings. The fraction of sp³-hybridized carbons (Fsp3) is 0.442. The van der Waals surface area contributed by atoms with Crippen molar-refractivity contribution in [1.82, 2.24) is 35.8 Å². The SMILES string of the molecule is Cc1nc(C(=O)N[C@H]2CCN(C(=O)O)C2)ccc1-c1ccc(C[C@H](NC(=O)[C@H]2CC[C@H](CNC(=O)OC(C)(C)C)CC2)C(=O)Nc2ccc3[nH]c(=O)[nH]c3c2)cc1.O=C(O)C(F)(F)F. The normalized spacial score (nSPS) is 17.9. The predicted octanol–water partition coefficient (Wildman–Crippen LogP) is 5.34. The van der Waals surface area contributed by atoms with Crippen LogP contribution in [-0.4, -0.2) is 109 Å². The van der Waals surface area contributed by atoms with Gasteiger partial charge in [0.1, 0.15) is 17.3 Å². The van der Waals surface area contributed by atoms with E-state index in [0.29, 0.717) is 54.8 Å². The van der Waals surface area contributed by atoms with Gasteiger partial charge in [0, 0.05) is 55.0 Å². The fourth-order valence-electron chi connectivity index (χ4n) is 7.37. The molecular formula is C43H51F3N8O10. The number of H-pyrrole nitrogens is 2. The summed E-state index contributed by atoms with van der Waals surface area (Å²) in [6, 6.07) is 14.8. The molecule has 2 aromatic carbocycles. The van der Waals surface area contributed by atoms with E-state index in [0.717, 1.165) is 29.5 Å². The average Bonchev–Trinajstić information content (AvgIpc) is 3.85. The molecule has 344 valence electrons. The van der Waals surface area contributed by atoms with Gasteiger partial charge in [0.15, 0.2) is 0 Å². The Morgan fingerprint density at radius 2 is 1.56 bits per heavy atom. The summed E-state index contributed by atoms with van der Waals surface area (Å²) in [4.78, 5) is 95.6. The number of aromatic amines is 2. The van der Waals surface area contributed by atoms with Crippen LogP contribution in [0.15, 0.2) is 59.4 Å². The molecule has 0 radical (unpaired) electrons. The maximum absolute atomic E-state index is 13.8. The van der Waals surface area contributed by atoms with Gasteiger partial charge in [-0.25, -0.2) is 24.2 Å². The summed E-state index contributed by atoms with van der Waals surface area (Å²) in [7, 11) is 0.